The average molecular weight is 681 g/mol. The molecule has 0 saturated carbocycles. The van der Waals surface area contributed by atoms with Crippen molar-refractivity contribution in [2.75, 3.05) is 13.2 Å². The Kier molecular flexibility index (Phi) is 13.8. The Labute approximate surface area is 302 Å². The van der Waals surface area contributed by atoms with E-state index in [2.05, 4.69) is 0 Å². The first kappa shape index (κ1) is 38.6. The Balaban J connectivity index is 2.67. The highest BCUT2D eigenvalue weighted by molar-refractivity contribution is 5.93. The number of rotatable bonds is 14. The van der Waals surface area contributed by atoms with E-state index in [0.717, 1.165) is 38.5 Å². The first-order chi connectivity index (χ1) is 25.4. The van der Waals surface area contributed by atoms with E-state index in [1.54, 1.807) is 12.1 Å². The van der Waals surface area contributed by atoms with E-state index in [1.807, 2.05) is 62.4 Å². The number of unbranched alkanes of at least 4 members (excludes halogenated alkanes) is 6. The van der Waals surface area contributed by atoms with Crippen LogP contribution in [0.5, 0.6) is 11.5 Å². The Morgan fingerprint density at radius 3 is 0.846 bits per heavy atom. The number of hydrogen-bond acceptors (Lipinski definition) is 12. The molecule has 52 heavy (non-hydrogen) atoms. The molecule has 0 fully saturated rings. The highest BCUT2D eigenvalue weighted by atomic mass is 16.5. The third-order valence-electron chi connectivity index (χ3n) is 8.25. The van der Waals surface area contributed by atoms with Crippen molar-refractivity contribution < 1.29 is 9.47 Å². The van der Waals surface area contributed by atoms with Crippen LogP contribution in [0, 0.1) is 113 Å². The van der Waals surface area contributed by atoms with Gasteiger partial charge in [0.05, 0.1) is 68.8 Å². The molecular weight excluding hydrogens is 653 g/mol. The quantitative estimate of drug-likeness (QED) is 0.149. The molecular formula is C40H28N10O2. The average Bonchev–Trinajstić information content (AvgIpc) is 3.17. The molecule has 0 aliphatic rings. The van der Waals surface area contributed by atoms with Crippen LogP contribution in [0.25, 0.3) is 22.3 Å². The Bertz CT molecular complexity index is 2080. The molecule has 3 aromatic carbocycles. The van der Waals surface area contributed by atoms with Crippen LogP contribution in [-0.2, 0) is 0 Å². The maximum atomic E-state index is 10.4. The van der Waals surface area contributed by atoms with Crippen molar-refractivity contribution >= 4 is 0 Å². The first-order valence-electron chi connectivity index (χ1n) is 16.3. The Hall–Kier alpha value is -7.84. The maximum absolute atomic E-state index is 10.4. The summed E-state index contributed by atoms with van der Waals surface area (Å²) in [4.78, 5) is 0. The van der Waals surface area contributed by atoms with Crippen LogP contribution in [0.4, 0.5) is 0 Å². The molecule has 0 radical (unpaired) electrons. The van der Waals surface area contributed by atoms with Gasteiger partial charge in [-0.05, 0) is 25.0 Å². The fraction of sp³-hybridized carbons (Fsp3) is 0.300. The second kappa shape index (κ2) is 18.6. The second-order valence-corrected chi connectivity index (χ2v) is 11.3. The third kappa shape index (κ3) is 7.41. The predicted octanol–water partition coefficient (Wildman–Crippen LogP) is 7.66. The number of hydrogen-bond donors (Lipinski definition) is 0. The van der Waals surface area contributed by atoms with Crippen molar-refractivity contribution in [1.82, 2.24) is 0 Å². The minimum absolute atomic E-state index is 0.00975. The highest BCUT2D eigenvalue weighted by Crippen LogP contribution is 2.47. The van der Waals surface area contributed by atoms with Crippen LogP contribution in [-0.4, -0.2) is 13.2 Å². The lowest BCUT2D eigenvalue weighted by Gasteiger charge is -2.22. The molecule has 0 spiro atoms. The summed E-state index contributed by atoms with van der Waals surface area (Å²) in [5.41, 5.74) is -4.24. The summed E-state index contributed by atoms with van der Waals surface area (Å²) in [6.45, 7) is 4.31. The zero-order valence-electron chi connectivity index (χ0n) is 28.5. The van der Waals surface area contributed by atoms with Gasteiger partial charge in [-0.15, -0.1) is 0 Å². The maximum Gasteiger partial charge on any atom is 0.128 e. The van der Waals surface area contributed by atoms with Crippen LogP contribution in [0.1, 0.15) is 121 Å². The monoisotopic (exact) mass is 680 g/mol. The molecule has 3 rings (SSSR count). The van der Waals surface area contributed by atoms with Gasteiger partial charge in [0.15, 0.2) is 0 Å². The minimum atomic E-state index is -0.434. The lowest BCUT2D eigenvalue weighted by atomic mass is 9.82. The molecule has 0 amide bonds. The van der Waals surface area contributed by atoms with Gasteiger partial charge in [0.1, 0.15) is 72.2 Å². The minimum Gasteiger partial charge on any atom is -0.493 e. The molecule has 0 saturated heterocycles. The van der Waals surface area contributed by atoms with E-state index in [1.165, 1.54) is 12.1 Å². The molecule has 12 heteroatoms. The SMILES string of the molecule is CCCCCCOc1cc(-c2c(C#N)c(C#N)c(C#N)c(C#N)c2C#N)c(OCCCCCC)cc1-c1c(C#N)c(C#N)c(C#N)c(C#N)c1C#N. The van der Waals surface area contributed by atoms with Gasteiger partial charge in [0, 0.05) is 22.3 Å². The summed E-state index contributed by atoms with van der Waals surface area (Å²) in [5.74, 6) is -0.0195. The predicted molar refractivity (Wildman–Crippen MR) is 184 cm³/mol. The Morgan fingerprint density at radius 2 is 0.615 bits per heavy atom. The van der Waals surface area contributed by atoms with Crippen molar-refractivity contribution in [1.29, 1.82) is 52.6 Å². The zero-order chi connectivity index (χ0) is 38.2. The van der Waals surface area contributed by atoms with E-state index >= 15 is 0 Å². The summed E-state index contributed by atoms with van der Waals surface area (Å²) in [6, 6.07) is 21.3. The van der Waals surface area contributed by atoms with Gasteiger partial charge in [-0.3, -0.25) is 0 Å². The summed E-state index contributed by atoms with van der Waals surface area (Å²) < 4.78 is 12.5. The first-order valence-corrected chi connectivity index (χ1v) is 16.3. The van der Waals surface area contributed by atoms with Crippen LogP contribution >= 0.6 is 0 Å². The number of nitrogens with zero attached hydrogens (tertiary/aromatic N) is 10. The third-order valence-corrected chi connectivity index (χ3v) is 8.25. The van der Waals surface area contributed by atoms with E-state index in [0.29, 0.717) is 12.8 Å². The molecule has 12 nitrogen and oxygen atoms in total. The van der Waals surface area contributed by atoms with Gasteiger partial charge in [0.2, 0.25) is 0 Å². The Morgan fingerprint density at radius 1 is 0.365 bits per heavy atom. The largest absolute Gasteiger partial charge is 0.493 e. The van der Waals surface area contributed by atoms with E-state index in [-0.39, 0.29) is 69.2 Å². The topological polar surface area (TPSA) is 256 Å². The van der Waals surface area contributed by atoms with Crippen molar-refractivity contribution in [3.05, 3.63) is 67.8 Å². The van der Waals surface area contributed by atoms with E-state index in [4.69, 9.17) is 9.47 Å². The van der Waals surface area contributed by atoms with Gasteiger partial charge in [-0.2, -0.15) is 52.6 Å². The highest BCUT2D eigenvalue weighted by Gasteiger charge is 2.31. The molecule has 0 aliphatic heterocycles. The van der Waals surface area contributed by atoms with Gasteiger partial charge in [-0.25, -0.2) is 0 Å². The smallest absolute Gasteiger partial charge is 0.128 e. The van der Waals surface area contributed by atoms with Crippen LogP contribution < -0.4 is 9.47 Å². The molecule has 3 aromatic rings. The van der Waals surface area contributed by atoms with Crippen LogP contribution in [0.2, 0.25) is 0 Å². The molecule has 0 atom stereocenters. The number of benzene rings is 3. The van der Waals surface area contributed by atoms with Gasteiger partial charge in [0.25, 0.3) is 0 Å². The fourth-order valence-electron chi connectivity index (χ4n) is 5.77. The molecule has 0 unspecified atom stereocenters. The summed E-state index contributed by atoms with van der Waals surface area (Å²) in [7, 11) is 0. The van der Waals surface area contributed by atoms with Gasteiger partial charge >= 0.3 is 0 Å². The number of ether oxygens (including phenoxy) is 2. The fourth-order valence-corrected chi connectivity index (χ4v) is 5.77. The van der Waals surface area contributed by atoms with Crippen molar-refractivity contribution in [2.24, 2.45) is 0 Å². The molecule has 0 aromatic heterocycles. The van der Waals surface area contributed by atoms with Gasteiger partial charge < -0.3 is 9.47 Å². The van der Waals surface area contributed by atoms with Crippen LogP contribution in [0.15, 0.2) is 12.1 Å². The summed E-state index contributed by atoms with van der Waals surface area (Å²) >= 11 is 0. The lowest BCUT2D eigenvalue weighted by molar-refractivity contribution is 0.299. The molecule has 0 heterocycles. The molecule has 0 bridgehead atoms. The normalized spacial score (nSPS) is 9.54. The van der Waals surface area contributed by atoms with E-state index < -0.39 is 33.4 Å². The van der Waals surface area contributed by atoms with Crippen molar-refractivity contribution in [2.45, 2.75) is 65.2 Å². The number of nitriles is 10. The summed E-state index contributed by atoms with van der Waals surface area (Å²) in [6.07, 6.45) is 6.44. The standard InChI is InChI=1S/C40H28N10O2/c1-3-5-7-9-11-51-37-13-26(40-35(23-49)31(19-45)28(16-42)32(20-46)36(40)24-50)38(52-12-10-8-6-4-2)14-25(37)39-33(21-47)29(17-43)27(15-41)30(18-44)34(39)22-48/h13-14H,3-12H2,1-2H3. The van der Waals surface area contributed by atoms with Crippen molar-refractivity contribution in [3.63, 3.8) is 0 Å². The second-order valence-electron chi connectivity index (χ2n) is 11.3. The van der Waals surface area contributed by atoms with Crippen molar-refractivity contribution in [3.8, 4) is 94.4 Å². The zero-order valence-corrected chi connectivity index (χ0v) is 28.5. The van der Waals surface area contributed by atoms with Gasteiger partial charge in [-0.1, -0.05) is 52.4 Å². The lowest BCUT2D eigenvalue weighted by Crippen LogP contribution is -2.08. The van der Waals surface area contributed by atoms with Crippen LogP contribution in [0.3, 0.4) is 0 Å². The molecule has 0 aliphatic carbocycles. The summed E-state index contributed by atoms with van der Waals surface area (Å²) in [5, 5.41) is 101. The molecule has 250 valence electrons. The molecule has 0 N–H and O–H groups in total. The van der Waals surface area contributed by atoms with E-state index in [9.17, 15) is 52.6 Å².